The highest BCUT2D eigenvalue weighted by Gasteiger charge is 2.28. The molecule has 144 valence electrons. The van der Waals surface area contributed by atoms with Crippen LogP contribution in [-0.4, -0.2) is 39.1 Å². The number of aromatic amines is 1. The van der Waals surface area contributed by atoms with E-state index in [-0.39, 0.29) is 11.8 Å². The van der Waals surface area contributed by atoms with E-state index in [1.165, 1.54) is 0 Å². The van der Waals surface area contributed by atoms with Crippen LogP contribution in [0.5, 0.6) is 0 Å². The van der Waals surface area contributed by atoms with Crippen LogP contribution in [0, 0.1) is 0 Å². The molecule has 5 heteroatoms. The molecule has 3 heterocycles. The number of nitrogens with zero attached hydrogens (tertiary/aromatic N) is 3. The fraction of sp³-hybridized carbons (Fsp3) is 0.348. The number of likely N-dealkylation sites (tertiary alicyclic amines) is 1. The first-order valence-electron chi connectivity index (χ1n) is 10.1. The van der Waals surface area contributed by atoms with E-state index in [4.69, 9.17) is 0 Å². The lowest BCUT2D eigenvalue weighted by atomic mass is 9.90. The van der Waals surface area contributed by atoms with Crippen LogP contribution >= 0.6 is 0 Å². The number of rotatable bonds is 5. The molecule has 0 saturated carbocycles. The molecule has 1 aromatic carbocycles. The van der Waals surface area contributed by atoms with Crippen LogP contribution in [0.2, 0.25) is 0 Å². The third-order valence-electron chi connectivity index (χ3n) is 5.44. The number of piperidine rings is 1. The Kier molecular flexibility index (Phi) is 5.51. The van der Waals surface area contributed by atoms with Gasteiger partial charge in [0, 0.05) is 47.7 Å². The number of hydrogen-bond acceptors (Lipinski definition) is 3. The minimum Gasteiger partial charge on any atom is -0.338 e. The number of hydrogen-bond donors (Lipinski definition) is 1. The van der Waals surface area contributed by atoms with Gasteiger partial charge in [-0.3, -0.25) is 14.9 Å². The summed E-state index contributed by atoms with van der Waals surface area (Å²) < 4.78 is 0. The molecule has 1 amide bonds. The topological polar surface area (TPSA) is 61.9 Å². The summed E-state index contributed by atoms with van der Waals surface area (Å²) in [5.74, 6) is 0.373. The van der Waals surface area contributed by atoms with Crippen molar-refractivity contribution in [1.82, 2.24) is 20.1 Å². The van der Waals surface area contributed by atoms with Crippen molar-refractivity contribution in [1.29, 1.82) is 0 Å². The first-order valence-corrected chi connectivity index (χ1v) is 10.1. The van der Waals surface area contributed by atoms with Gasteiger partial charge in [0.1, 0.15) is 0 Å². The van der Waals surface area contributed by atoms with Crippen LogP contribution in [-0.2, 0) is 6.42 Å². The Morgan fingerprint density at radius 3 is 2.93 bits per heavy atom. The summed E-state index contributed by atoms with van der Waals surface area (Å²) in [4.78, 5) is 19.5. The van der Waals surface area contributed by atoms with Crippen LogP contribution in [0.4, 0.5) is 0 Å². The van der Waals surface area contributed by atoms with Gasteiger partial charge in [-0.2, -0.15) is 5.10 Å². The van der Waals surface area contributed by atoms with Crippen molar-refractivity contribution < 1.29 is 4.79 Å². The summed E-state index contributed by atoms with van der Waals surface area (Å²) in [5.41, 5.74) is 5.15. The second-order valence-corrected chi connectivity index (χ2v) is 7.44. The third kappa shape index (κ3) is 3.84. The number of amides is 1. The van der Waals surface area contributed by atoms with Gasteiger partial charge in [-0.25, -0.2) is 0 Å². The van der Waals surface area contributed by atoms with Crippen molar-refractivity contribution in [3.63, 3.8) is 0 Å². The zero-order valence-corrected chi connectivity index (χ0v) is 16.3. The van der Waals surface area contributed by atoms with E-state index in [1.54, 1.807) is 6.20 Å². The average molecular weight is 374 g/mol. The summed E-state index contributed by atoms with van der Waals surface area (Å²) in [5, 5.41) is 7.50. The molecule has 3 aromatic rings. The molecular weight excluding hydrogens is 348 g/mol. The normalized spacial score (nSPS) is 16.9. The van der Waals surface area contributed by atoms with Crippen LogP contribution in [0.25, 0.3) is 11.1 Å². The Hall–Kier alpha value is -2.95. The van der Waals surface area contributed by atoms with E-state index >= 15 is 0 Å². The minimum atomic E-state index is 0.102. The van der Waals surface area contributed by atoms with Gasteiger partial charge in [0.25, 0.3) is 5.91 Å². The Morgan fingerprint density at radius 1 is 1.25 bits per heavy atom. The van der Waals surface area contributed by atoms with Gasteiger partial charge in [0.15, 0.2) is 0 Å². The van der Waals surface area contributed by atoms with Crippen LogP contribution in [0.1, 0.15) is 53.8 Å². The average Bonchev–Trinajstić information content (AvgIpc) is 3.24. The molecule has 5 nitrogen and oxygen atoms in total. The van der Waals surface area contributed by atoms with Crippen molar-refractivity contribution in [2.24, 2.45) is 0 Å². The number of pyridine rings is 1. The molecule has 1 aliphatic heterocycles. The standard InChI is InChI=1S/C23H26N4O/c1-2-7-20-14-18(11-12-24-20)23(28)27-13-6-10-19(16-27)22-21(15-25-26-22)17-8-4-3-5-9-17/h3-5,8-9,11-12,14-15,19H,2,6-7,10,13,16H2,1H3,(H,25,26)/t19-/m0/s1. The molecule has 1 N–H and O–H groups in total. The minimum absolute atomic E-state index is 0.102. The summed E-state index contributed by atoms with van der Waals surface area (Å²) in [6.45, 7) is 3.64. The molecule has 0 bridgehead atoms. The SMILES string of the molecule is CCCc1cc(C(=O)N2CCC[C@H](c3[nH]ncc3-c3ccccc3)C2)ccn1. The van der Waals surface area contributed by atoms with E-state index in [0.29, 0.717) is 6.54 Å². The highest BCUT2D eigenvalue weighted by Crippen LogP contribution is 2.33. The molecule has 0 spiro atoms. The number of H-pyrrole nitrogens is 1. The maximum absolute atomic E-state index is 13.1. The van der Waals surface area contributed by atoms with Gasteiger partial charge in [0.05, 0.1) is 6.20 Å². The predicted molar refractivity (Wildman–Crippen MR) is 110 cm³/mol. The van der Waals surface area contributed by atoms with E-state index in [2.05, 4.69) is 34.2 Å². The lowest BCUT2D eigenvalue weighted by molar-refractivity contribution is 0.0705. The van der Waals surface area contributed by atoms with Gasteiger partial charge >= 0.3 is 0 Å². The van der Waals surface area contributed by atoms with E-state index in [0.717, 1.165) is 60.3 Å². The van der Waals surface area contributed by atoms with Crippen molar-refractivity contribution in [3.05, 3.63) is 71.8 Å². The van der Waals surface area contributed by atoms with Crippen molar-refractivity contribution in [2.45, 2.75) is 38.5 Å². The lowest BCUT2D eigenvalue weighted by Crippen LogP contribution is -2.39. The molecule has 2 aromatic heterocycles. The quantitative estimate of drug-likeness (QED) is 0.718. The maximum Gasteiger partial charge on any atom is 0.253 e. The molecule has 1 atom stereocenters. The monoisotopic (exact) mass is 374 g/mol. The van der Waals surface area contributed by atoms with E-state index < -0.39 is 0 Å². The summed E-state index contributed by atoms with van der Waals surface area (Å²) in [6.07, 6.45) is 7.63. The van der Waals surface area contributed by atoms with Crippen LogP contribution in [0.3, 0.4) is 0 Å². The van der Waals surface area contributed by atoms with Gasteiger partial charge < -0.3 is 4.90 Å². The van der Waals surface area contributed by atoms with Crippen molar-refractivity contribution in [2.75, 3.05) is 13.1 Å². The molecule has 0 unspecified atom stereocenters. The molecular formula is C23H26N4O. The third-order valence-corrected chi connectivity index (χ3v) is 5.44. The molecule has 1 fully saturated rings. The number of nitrogens with one attached hydrogen (secondary N) is 1. The molecule has 0 aliphatic carbocycles. The molecule has 1 aliphatic rings. The molecule has 0 radical (unpaired) electrons. The number of carbonyl (C=O) groups excluding carboxylic acids is 1. The highest BCUT2D eigenvalue weighted by atomic mass is 16.2. The van der Waals surface area contributed by atoms with Crippen molar-refractivity contribution in [3.8, 4) is 11.1 Å². The van der Waals surface area contributed by atoms with Gasteiger partial charge in [-0.15, -0.1) is 0 Å². The second kappa shape index (κ2) is 8.38. The van der Waals surface area contributed by atoms with Gasteiger partial charge in [0.2, 0.25) is 0 Å². The highest BCUT2D eigenvalue weighted by molar-refractivity contribution is 5.94. The van der Waals surface area contributed by atoms with Crippen LogP contribution in [0.15, 0.2) is 54.9 Å². The fourth-order valence-electron chi connectivity index (χ4n) is 4.04. The smallest absolute Gasteiger partial charge is 0.253 e. The van der Waals surface area contributed by atoms with E-state index in [9.17, 15) is 4.79 Å². The van der Waals surface area contributed by atoms with E-state index in [1.807, 2.05) is 41.4 Å². The molecule has 1 saturated heterocycles. The Balaban J connectivity index is 1.54. The number of aryl methyl sites for hydroxylation is 1. The van der Waals surface area contributed by atoms with Gasteiger partial charge in [-0.05, 0) is 37.0 Å². The lowest BCUT2D eigenvalue weighted by Gasteiger charge is -2.33. The number of carbonyl (C=O) groups is 1. The zero-order chi connectivity index (χ0) is 19.3. The first kappa shape index (κ1) is 18.4. The summed E-state index contributed by atoms with van der Waals surface area (Å²) in [7, 11) is 0. The maximum atomic E-state index is 13.1. The molecule has 28 heavy (non-hydrogen) atoms. The zero-order valence-electron chi connectivity index (χ0n) is 16.3. The number of benzene rings is 1. The first-order chi connectivity index (χ1) is 13.8. The molecule has 4 rings (SSSR count). The Morgan fingerprint density at radius 2 is 2.11 bits per heavy atom. The number of aromatic nitrogens is 3. The van der Waals surface area contributed by atoms with Crippen LogP contribution < -0.4 is 0 Å². The van der Waals surface area contributed by atoms with Crippen molar-refractivity contribution >= 4 is 5.91 Å². The predicted octanol–water partition coefficient (Wildman–Crippen LogP) is 4.44. The fourth-order valence-corrected chi connectivity index (χ4v) is 4.04. The van der Waals surface area contributed by atoms with Gasteiger partial charge in [-0.1, -0.05) is 43.7 Å². The second-order valence-electron chi connectivity index (χ2n) is 7.44. The summed E-state index contributed by atoms with van der Waals surface area (Å²) in [6, 6.07) is 14.1. The Labute approximate surface area is 165 Å². The largest absolute Gasteiger partial charge is 0.338 e. The Bertz CT molecular complexity index is 935. The summed E-state index contributed by atoms with van der Waals surface area (Å²) >= 11 is 0.